The molecule has 0 aromatic carbocycles. The number of thioether (sulfide) groups is 2. The Morgan fingerprint density at radius 2 is 1.04 bits per heavy atom. The molecule has 23 heavy (non-hydrogen) atoms. The van der Waals surface area contributed by atoms with E-state index in [0.717, 1.165) is 23.5 Å². The van der Waals surface area contributed by atoms with Crippen LogP contribution in [-0.2, 0) is 0 Å². The molecular formula is C10H23ClN8O2S2. The lowest BCUT2D eigenvalue weighted by Crippen LogP contribution is -2.43. The lowest BCUT2D eigenvalue weighted by molar-refractivity contribution is 0.237. The number of urea groups is 2. The minimum Gasteiger partial charge on any atom is -0.379 e. The monoisotopic (exact) mass is 386 g/mol. The summed E-state index contributed by atoms with van der Waals surface area (Å²) in [6, 6.07) is -0.687. The zero-order valence-electron chi connectivity index (χ0n) is 12.4. The first kappa shape index (κ1) is 23.7. The predicted molar refractivity (Wildman–Crippen MR) is 98.8 cm³/mol. The minimum atomic E-state index is -0.343. The van der Waals surface area contributed by atoms with Gasteiger partial charge in [-0.2, -0.15) is 0 Å². The van der Waals surface area contributed by atoms with Crippen LogP contribution in [0.2, 0.25) is 0 Å². The highest BCUT2D eigenvalue weighted by Gasteiger charge is 2.01. The summed E-state index contributed by atoms with van der Waals surface area (Å²) >= 11 is 2.29. The van der Waals surface area contributed by atoms with Gasteiger partial charge in [-0.25, -0.2) is 9.59 Å². The summed E-state index contributed by atoms with van der Waals surface area (Å²) in [5, 5.41) is 24.3. The molecule has 4 amide bonds. The van der Waals surface area contributed by atoms with E-state index in [1.807, 2.05) is 0 Å². The quantitative estimate of drug-likeness (QED) is 0.146. The molecule has 134 valence electrons. The molecule has 0 aliphatic rings. The van der Waals surface area contributed by atoms with E-state index in [0.29, 0.717) is 37.7 Å². The van der Waals surface area contributed by atoms with Gasteiger partial charge in [-0.1, -0.05) is 23.5 Å². The summed E-state index contributed by atoms with van der Waals surface area (Å²) in [6.07, 6.45) is 0. The molecule has 0 aliphatic carbocycles. The van der Waals surface area contributed by atoms with Gasteiger partial charge in [0.15, 0.2) is 10.3 Å². The predicted octanol–water partition coefficient (Wildman–Crippen LogP) is -0.740. The number of rotatable bonds is 9. The largest absolute Gasteiger partial charge is 0.379 e. The molecule has 0 atom stereocenters. The van der Waals surface area contributed by atoms with E-state index in [1.54, 1.807) is 0 Å². The summed E-state index contributed by atoms with van der Waals surface area (Å²) in [7, 11) is 0. The molecule has 0 saturated heterocycles. The Balaban J connectivity index is 0. The van der Waals surface area contributed by atoms with E-state index in [4.69, 9.17) is 22.3 Å². The number of hydrogen-bond donors (Lipinski definition) is 8. The van der Waals surface area contributed by atoms with Crippen LogP contribution in [0.3, 0.4) is 0 Å². The Kier molecular flexibility index (Phi) is 15.9. The molecule has 0 rings (SSSR count). The fraction of sp³-hybridized carbons (Fsp3) is 0.600. The second-order valence-electron chi connectivity index (χ2n) is 3.79. The number of carbonyl (C=O) groups excluding carboxylic acids is 2. The van der Waals surface area contributed by atoms with Crippen molar-refractivity contribution in [2.75, 3.05) is 37.7 Å². The van der Waals surface area contributed by atoms with Crippen molar-refractivity contribution in [3.05, 3.63) is 0 Å². The first-order chi connectivity index (χ1) is 10.4. The third-order valence-electron chi connectivity index (χ3n) is 1.99. The smallest absolute Gasteiger partial charge is 0.314 e. The van der Waals surface area contributed by atoms with Crippen molar-refractivity contribution in [1.29, 1.82) is 10.8 Å². The van der Waals surface area contributed by atoms with Crippen LogP contribution in [0.25, 0.3) is 0 Å². The average molecular weight is 387 g/mol. The van der Waals surface area contributed by atoms with Gasteiger partial charge in [0, 0.05) is 37.7 Å². The van der Waals surface area contributed by atoms with Gasteiger partial charge < -0.3 is 32.7 Å². The number of carbonyl (C=O) groups is 2. The van der Waals surface area contributed by atoms with Crippen LogP contribution in [0.1, 0.15) is 0 Å². The first-order valence-corrected chi connectivity index (χ1v) is 8.36. The molecule has 0 spiro atoms. The van der Waals surface area contributed by atoms with E-state index in [9.17, 15) is 9.59 Å². The Morgan fingerprint density at radius 3 is 1.35 bits per heavy atom. The van der Waals surface area contributed by atoms with Gasteiger partial charge in [-0.3, -0.25) is 10.8 Å². The average Bonchev–Trinajstić information content (AvgIpc) is 2.44. The van der Waals surface area contributed by atoms with Crippen LogP contribution in [0.15, 0.2) is 0 Å². The van der Waals surface area contributed by atoms with Crippen molar-refractivity contribution >= 4 is 58.3 Å². The van der Waals surface area contributed by atoms with Crippen molar-refractivity contribution < 1.29 is 9.59 Å². The molecule has 0 aliphatic heterocycles. The van der Waals surface area contributed by atoms with Crippen LogP contribution < -0.4 is 32.7 Å². The number of halogens is 1. The fourth-order valence-corrected chi connectivity index (χ4v) is 1.98. The van der Waals surface area contributed by atoms with Crippen LogP contribution in [0.5, 0.6) is 0 Å². The standard InChI is InChI=1S/C10H22N8O2S2.ClH/c11-7(12)21-5-3-17-9(19)15-1-2-16-10(20)18-4-6-22-8(13)14;/h1-6H2,(H3,11,12)(H3,13,14)(H2,15,17,19)(H2,16,18,20);1H. The summed E-state index contributed by atoms with van der Waals surface area (Å²) < 4.78 is 0. The lowest BCUT2D eigenvalue weighted by Gasteiger charge is -2.09. The SMILES string of the molecule is Cl.N=C(N)SCCNC(=O)NCCNC(=O)NCCSC(=N)N. The lowest BCUT2D eigenvalue weighted by atomic mass is 10.6. The van der Waals surface area contributed by atoms with Crippen molar-refractivity contribution in [3.63, 3.8) is 0 Å². The Hall–Kier alpha value is -1.53. The second-order valence-corrected chi connectivity index (χ2v) is 6.06. The van der Waals surface area contributed by atoms with Gasteiger partial charge in [0.25, 0.3) is 0 Å². The van der Waals surface area contributed by atoms with E-state index in [1.165, 1.54) is 0 Å². The molecule has 0 aromatic heterocycles. The maximum Gasteiger partial charge on any atom is 0.314 e. The van der Waals surface area contributed by atoms with E-state index >= 15 is 0 Å². The summed E-state index contributed by atoms with van der Waals surface area (Å²) in [6.45, 7) is 1.39. The third-order valence-corrected chi connectivity index (χ3v) is 3.42. The van der Waals surface area contributed by atoms with Crippen LogP contribution in [-0.4, -0.2) is 60.1 Å². The number of amidine groups is 2. The number of hydrogen-bond acceptors (Lipinski definition) is 6. The molecule has 13 heteroatoms. The van der Waals surface area contributed by atoms with Gasteiger partial charge >= 0.3 is 12.1 Å². The van der Waals surface area contributed by atoms with Crippen LogP contribution >= 0.6 is 35.9 Å². The number of amides is 4. The molecule has 0 saturated carbocycles. The van der Waals surface area contributed by atoms with E-state index in [-0.39, 0.29) is 34.8 Å². The van der Waals surface area contributed by atoms with Gasteiger partial charge in [0.05, 0.1) is 0 Å². The first-order valence-electron chi connectivity index (χ1n) is 6.39. The van der Waals surface area contributed by atoms with Crippen molar-refractivity contribution in [3.8, 4) is 0 Å². The Bertz CT molecular complexity index is 363. The molecule has 0 bridgehead atoms. The normalized spacial score (nSPS) is 9.22. The maximum absolute atomic E-state index is 11.3. The number of nitrogens with one attached hydrogen (secondary N) is 6. The van der Waals surface area contributed by atoms with Gasteiger partial charge in [0.2, 0.25) is 0 Å². The maximum atomic E-state index is 11.3. The summed E-state index contributed by atoms with van der Waals surface area (Å²) in [5.41, 5.74) is 10.3. The third kappa shape index (κ3) is 18.4. The highest BCUT2D eigenvalue weighted by atomic mass is 35.5. The topological polar surface area (TPSA) is 182 Å². The van der Waals surface area contributed by atoms with Crippen molar-refractivity contribution in [1.82, 2.24) is 21.3 Å². The highest BCUT2D eigenvalue weighted by Crippen LogP contribution is 1.94. The molecule has 0 unspecified atom stereocenters. The highest BCUT2D eigenvalue weighted by molar-refractivity contribution is 8.13. The summed E-state index contributed by atoms with van der Waals surface area (Å²) in [4.78, 5) is 22.7. The van der Waals surface area contributed by atoms with Crippen LogP contribution in [0, 0.1) is 10.8 Å². The van der Waals surface area contributed by atoms with Crippen LogP contribution in [0.4, 0.5) is 9.59 Å². The van der Waals surface area contributed by atoms with Gasteiger partial charge in [0.1, 0.15) is 0 Å². The van der Waals surface area contributed by atoms with Crippen molar-refractivity contribution in [2.24, 2.45) is 11.5 Å². The fourth-order valence-electron chi connectivity index (χ4n) is 1.13. The zero-order chi connectivity index (χ0) is 16.8. The molecular weight excluding hydrogens is 364 g/mol. The molecule has 0 radical (unpaired) electrons. The minimum absolute atomic E-state index is 0. The Morgan fingerprint density at radius 1 is 0.739 bits per heavy atom. The molecule has 0 fully saturated rings. The molecule has 10 N–H and O–H groups in total. The number of nitrogens with two attached hydrogens (primary N) is 2. The zero-order valence-corrected chi connectivity index (χ0v) is 14.9. The van der Waals surface area contributed by atoms with Gasteiger partial charge in [-0.05, 0) is 0 Å². The van der Waals surface area contributed by atoms with E-state index in [2.05, 4.69) is 21.3 Å². The molecule has 0 heterocycles. The molecule has 10 nitrogen and oxygen atoms in total. The Labute approximate surface area is 149 Å². The van der Waals surface area contributed by atoms with Gasteiger partial charge in [-0.15, -0.1) is 12.4 Å². The van der Waals surface area contributed by atoms with E-state index < -0.39 is 0 Å². The summed E-state index contributed by atoms with van der Waals surface area (Å²) in [5.74, 6) is 1.06. The van der Waals surface area contributed by atoms with Crippen molar-refractivity contribution in [2.45, 2.75) is 0 Å². The molecule has 0 aromatic rings. The second kappa shape index (κ2) is 15.4.